The van der Waals surface area contributed by atoms with E-state index in [1.54, 1.807) is 0 Å². The zero-order valence-corrected chi connectivity index (χ0v) is 13.1. The van der Waals surface area contributed by atoms with Crippen LogP contribution in [0.5, 0.6) is 0 Å². The summed E-state index contributed by atoms with van der Waals surface area (Å²) >= 11 is 1.90. The third-order valence-electron chi connectivity index (χ3n) is 4.32. The lowest BCUT2D eigenvalue weighted by molar-refractivity contribution is 0.491. The average Bonchev–Trinajstić information content (AvgIpc) is 2.93. The van der Waals surface area contributed by atoms with Gasteiger partial charge in [0.2, 0.25) is 0 Å². The van der Waals surface area contributed by atoms with Crippen LogP contribution in [0.1, 0.15) is 50.1 Å². The number of aryl methyl sites for hydroxylation is 1. The number of nitrogens with zero attached hydrogens (tertiary/aromatic N) is 2. The molecule has 106 valence electrons. The first-order chi connectivity index (χ1) is 9.15. The normalized spacial score (nSPS) is 23.6. The second-order valence-corrected chi connectivity index (χ2v) is 7.37. The molecule has 1 unspecified atom stereocenters. The molecular formula is C15H25N3S. The number of aromatic nitrogens is 1. The summed E-state index contributed by atoms with van der Waals surface area (Å²) in [6, 6.07) is 1.47. The van der Waals surface area contributed by atoms with Crippen LogP contribution in [-0.2, 0) is 6.54 Å². The molecule has 1 N–H and O–H groups in total. The number of hydrogen-bond acceptors (Lipinski definition) is 4. The predicted octanol–water partition coefficient (Wildman–Crippen LogP) is 3.33. The highest BCUT2D eigenvalue weighted by Crippen LogP contribution is 2.34. The zero-order valence-electron chi connectivity index (χ0n) is 12.3. The number of rotatable bonds is 5. The highest BCUT2D eigenvalue weighted by Gasteiger charge is 2.29. The lowest BCUT2D eigenvalue weighted by Gasteiger charge is -2.27. The fraction of sp³-hybridized carbons (Fsp3) is 0.800. The van der Waals surface area contributed by atoms with Gasteiger partial charge >= 0.3 is 0 Å². The Morgan fingerprint density at radius 2 is 2.16 bits per heavy atom. The van der Waals surface area contributed by atoms with Gasteiger partial charge in [0, 0.05) is 30.1 Å². The molecule has 4 heteroatoms. The minimum Gasteiger partial charge on any atom is -0.345 e. The minimum absolute atomic E-state index is 0.690. The summed E-state index contributed by atoms with van der Waals surface area (Å²) in [5.74, 6) is 0.722. The van der Waals surface area contributed by atoms with E-state index in [0.29, 0.717) is 6.04 Å². The van der Waals surface area contributed by atoms with Gasteiger partial charge in [0.15, 0.2) is 5.13 Å². The van der Waals surface area contributed by atoms with Crippen LogP contribution in [0.2, 0.25) is 0 Å². The molecule has 1 aromatic heterocycles. The van der Waals surface area contributed by atoms with Gasteiger partial charge < -0.3 is 10.2 Å². The van der Waals surface area contributed by atoms with Gasteiger partial charge in [0.05, 0.1) is 5.69 Å². The summed E-state index contributed by atoms with van der Waals surface area (Å²) < 4.78 is 0. The first-order valence-electron chi connectivity index (χ1n) is 7.61. The van der Waals surface area contributed by atoms with E-state index in [-0.39, 0.29) is 0 Å². The van der Waals surface area contributed by atoms with Gasteiger partial charge in [-0.05, 0) is 38.5 Å². The smallest absolute Gasteiger partial charge is 0.186 e. The zero-order chi connectivity index (χ0) is 13.4. The second-order valence-electron chi connectivity index (χ2n) is 6.31. The Balaban J connectivity index is 1.71. The largest absolute Gasteiger partial charge is 0.345 e. The van der Waals surface area contributed by atoms with Gasteiger partial charge in [-0.15, -0.1) is 11.3 Å². The highest BCUT2D eigenvalue weighted by molar-refractivity contribution is 7.15. The topological polar surface area (TPSA) is 28.2 Å². The molecule has 3 rings (SSSR count). The van der Waals surface area contributed by atoms with Gasteiger partial charge in [0.25, 0.3) is 0 Å². The Hall–Kier alpha value is -0.610. The van der Waals surface area contributed by atoms with E-state index in [4.69, 9.17) is 4.98 Å². The van der Waals surface area contributed by atoms with Crippen molar-refractivity contribution in [3.05, 3.63) is 10.6 Å². The third-order valence-corrected chi connectivity index (χ3v) is 5.52. The molecule has 0 amide bonds. The first kappa shape index (κ1) is 13.4. The van der Waals surface area contributed by atoms with Crippen molar-refractivity contribution < 1.29 is 0 Å². The van der Waals surface area contributed by atoms with Crippen molar-refractivity contribution >= 4 is 16.5 Å². The van der Waals surface area contributed by atoms with Crippen molar-refractivity contribution in [1.29, 1.82) is 0 Å². The SMILES string of the molecule is Cc1nc(N2CCCC2C(C)C)sc1CNC1CC1. The molecule has 3 nitrogen and oxygen atoms in total. The van der Waals surface area contributed by atoms with E-state index in [2.05, 4.69) is 31.0 Å². The first-order valence-corrected chi connectivity index (χ1v) is 8.43. The van der Waals surface area contributed by atoms with Gasteiger partial charge in [-0.1, -0.05) is 13.8 Å². The van der Waals surface area contributed by atoms with E-state index in [9.17, 15) is 0 Å². The molecule has 1 saturated carbocycles. The van der Waals surface area contributed by atoms with Crippen LogP contribution in [0.15, 0.2) is 0 Å². The Labute approximate surface area is 120 Å². The van der Waals surface area contributed by atoms with Crippen LogP contribution in [0.3, 0.4) is 0 Å². The fourth-order valence-corrected chi connectivity index (χ4v) is 4.04. The Morgan fingerprint density at radius 1 is 1.37 bits per heavy atom. The van der Waals surface area contributed by atoms with Gasteiger partial charge in [-0.25, -0.2) is 4.98 Å². The standard InChI is InChI=1S/C15H25N3S/c1-10(2)13-5-4-8-18(13)15-17-11(3)14(19-15)9-16-12-6-7-12/h10,12-13,16H,4-9H2,1-3H3. The summed E-state index contributed by atoms with van der Waals surface area (Å²) in [5, 5.41) is 4.85. The maximum atomic E-state index is 4.83. The number of thiazole rings is 1. The van der Waals surface area contributed by atoms with Gasteiger partial charge in [-0.3, -0.25) is 0 Å². The molecule has 0 aromatic carbocycles. The van der Waals surface area contributed by atoms with Gasteiger partial charge in [0.1, 0.15) is 0 Å². The van der Waals surface area contributed by atoms with E-state index in [1.165, 1.54) is 47.9 Å². The predicted molar refractivity (Wildman–Crippen MR) is 81.9 cm³/mol. The van der Waals surface area contributed by atoms with Crippen LogP contribution in [-0.4, -0.2) is 23.6 Å². The van der Waals surface area contributed by atoms with Gasteiger partial charge in [-0.2, -0.15) is 0 Å². The Kier molecular flexibility index (Phi) is 3.81. The molecule has 0 radical (unpaired) electrons. The summed E-state index contributed by atoms with van der Waals surface area (Å²) in [6.07, 6.45) is 5.35. The second kappa shape index (κ2) is 5.41. The van der Waals surface area contributed by atoms with Crippen molar-refractivity contribution in [3.8, 4) is 0 Å². The molecular weight excluding hydrogens is 254 g/mol. The summed E-state index contributed by atoms with van der Waals surface area (Å²) in [4.78, 5) is 8.80. The van der Waals surface area contributed by atoms with Crippen LogP contribution >= 0.6 is 11.3 Å². The van der Waals surface area contributed by atoms with E-state index in [0.717, 1.165) is 18.5 Å². The lowest BCUT2D eigenvalue weighted by atomic mass is 10.0. The summed E-state index contributed by atoms with van der Waals surface area (Å²) in [7, 11) is 0. The highest BCUT2D eigenvalue weighted by atomic mass is 32.1. The summed E-state index contributed by atoms with van der Waals surface area (Å²) in [5.41, 5.74) is 1.22. The van der Waals surface area contributed by atoms with E-state index < -0.39 is 0 Å². The van der Waals surface area contributed by atoms with Crippen LogP contribution in [0.4, 0.5) is 5.13 Å². The molecule has 1 aromatic rings. The molecule has 1 saturated heterocycles. The number of nitrogens with one attached hydrogen (secondary N) is 1. The Bertz CT molecular complexity index is 437. The molecule has 2 heterocycles. The van der Waals surface area contributed by atoms with Crippen LogP contribution < -0.4 is 10.2 Å². The molecule has 19 heavy (non-hydrogen) atoms. The lowest BCUT2D eigenvalue weighted by Crippen LogP contribution is -2.33. The minimum atomic E-state index is 0.690. The molecule has 2 fully saturated rings. The van der Waals surface area contributed by atoms with Crippen molar-refractivity contribution in [2.75, 3.05) is 11.4 Å². The van der Waals surface area contributed by atoms with E-state index in [1.807, 2.05) is 11.3 Å². The molecule has 2 aliphatic rings. The maximum absolute atomic E-state index is 4.83. The average molecular weight is 279 g/mol. The fourth-order valence-electron chi connectivity index (χ4n) is 2.95. The monoisotopic (exact) mass is 279 g/mol. The molecule has 0 bridgehead atoms. The van der Waals surface area contributed by atoms with E-state index >= 15 is 0 Å². The van der Waals surface area contributed by atoms with Crippen LogP contribution in [0.25, 0.3) is 0 Å². The molecule has 0 spiro atoms. The maximum Gasteiger partial charge on any atom is 0.186 e. The van der Waals surface area contributed by atoms with Crippen LogP contribution in [0, 0.1) is 12.8 Å². The van der Waals surface area contributed by atoms with Crippen molar-refractivity contribution in [2.24, 2.45) is 5.92 Å². The van der Waals surface area contributed by atoms with Crippen molar-refractivity contribution in [2.45, 2.75) is 65.1 Å². The molecule has 1 aliphatic heterocycles. The van der Waals surface area contributed by atoms with Crippen molar-refractivity contribution in [1.82, 2.24) is 10.3 Å². The third kappa shape index (κ3) is 2.95. The van der Waals surface area contributed by atoms with Crippen molar-refractivity contribution in [3.63, 3.8) is 0 Å². The Morgan fingerprint density at radius 3 is 2.84 bits per heavy atom. The number of anilines is 1. The number of hydrogen-bond donors (Lipinski definition) is 1. The quantitative estimate of drug-likeness (QED) is 0.896. The summed E-state index contributed by atoms with van der Waals surface area (Å²) in [6.45, 7) is 9.02. The molecule has 1 atom stereocenters. The molecule has 1 aliphatic carbocycles.